The summed E-state index contributed by atoms with van der Waals surface area (Å²) >= 11 is 0. The molecule has 2 N–H and O–H groups in total. The Morgan fingerprint density at radius 2 is 2.00 bits per heavy atom. The van der Waals surface area contributed by atoms with Crippen molar-refractivity contribution >= 4 is 23.4 Å². The highest BCUT2D eigenvalue weighted by Crippen LogP contribution is 2.66. The van der Waals surface area contributed by atoms with Crippen LogP contribution >= 0.6 is 0 Å². The minimum Gasteiger partial charge on any atom is -0.456 e. The van der Waals surface area contributed by atoms with Crippen LogP contribution < -0.4 is 5.32 Å². The number of nitrogens with one attached hydrogen (secondary N) is 1. The van der Waals surface area contributed by atoms with E-state index in [-0.39, 0.29) is 60.1 Å². The summed E-state index contributed by atoms with van der Waals surface area (Å²) in [6.07, 6.45) is 8.44. The average Bonchev–Trinajstić information content (AvgIpc) is 3.20. The maximum Gasteiger partial charge on any atom is 0.325 e. The van der Waals surface area contributed by atoms with Gasteiger partial charge in [-0.05, 0) is 67.9 Å². The Kier molecular flexibility index (Phi) is 8.06. The highest BCUT2D eigenvalue weighted by atomic mass is 16.9. The number of nitrogens with zero attached hydrogens (tertiary/aromatic N) is 1. The molecule has 0 heterocycles. The molecule has 4 aliphatic carbocycles. The van der Waals surface area contributed by atoms with Gasteiger partial charge in [-0.15, -0.1) is 10.1 Å². The second kappa shape index (κ2) is 11.0. The molecule has 0 saturated heterocycles. The highest BCUT2D eigenvalue weighted by Gasteiger charge is 2.62. The Bertz CT molecular complexity index is 1070. The van der Waals surface area contributed by atoms with E-state index >= 15 is 0 Å². The molecule has 7 unspecified atom stereocenters. The van der Waals surface area contributed by atoms with Gasteiger partial charge in [-0.1, -0.05) is 25.5 Å². The van der Waals surface area contributed by atoms with Gasteiger partial charge in [-0.25, -0.2) is 0 Å². The summed E-state index contributed by atoms with van der Waals surface area (Å²) in [6.45, 7) is 3.17. The van der Waals surface area contributed by atoms with Crippen LogP contribution in [0.4, 0.5) is 0 Å². The number of carbonyl (C=O) groups is 4. The maximum absolute atomic E-state index is 13.2. The normalized spacial score (nSPS) is 35.3. The van der Waals surface area contributed by atoms with Crippen molar-refractivity contribution in [1.82, 2.24) is 5.32 Å². The summed E-state index contributed by atoms with van der Waals surface area (Å²) in [5.41, 5.74) is 0.318. The van der Waals surface area contributed by atoms with E-state index < -0.39 is 41.6 Å². The number of hydrogen-bond acceptors (Lipinski definition) is 9. The predicted octanol–water partition coefficient (Wildman–Crippen LogP) is 2.10. The van der Waals surface area contributed by atoms with Gasteiger partial charge in [-0.3, -0.25) is 19.2 Å². The molecular weight excluding hydrogens is 496 g/mol. The van der Waals surface area contributed by atoms with Crippen molar-refractivity contribution in [3.63, 3.8) is 0 Å². The van der Waals surface area contributed by atoms with Crippen molar-refractivity contribution in [2.45, 2.75) is 64.9 Å². The minimum absolute atomic E-state index is 0.00556. The van der Waals surface area contributed by atoms with Crippen LogP contribution in [0.2, 0.25) is 0 Å². The summed E-state index contributed by atoms with van der Waals surface area (Å²) < 4.78 is 5.15. The van der Waals surface area contributed by atoms with Crippen molar-refractivity contribution in [2.75, 3.05) is 19.8 Å². The molecule has 0 bridgehead atoms. The number of fused-ring (bicyclic) bond motifs is 5. The number of carbonyl (C=O) groups excluding carboxylic acids is 4. The Morgan fingerprint density at radius 3 is 2.74 bits per heavy atom. The first-order valence-electron chi connectivity index (χ1n) is 13.3. The monoisotopic (exact) mass is 532 g/mol. The molecule has 0 aromatic rings. The van der Waals surface area contributed by atoms with Crippen LogP contribution in [0.15, 0.2) is 23.8 Å². The van der Waals surface area contributed by atoms with Gasteiger partial charge in [0.25, 0.3) is 5.09 Å². The molecule has 3 fully saturated rings. The largest absolute Gasteiger partial charge is 0.456 e. The first kappa shape index (κ1) is 27.9. The maximum atomic E-state index is 13.2. The lowest BCUT2D eigenvalue weighted by molar-refractivity contribution is -0.757. The molecule has 0 radical (unpaired) electrons. The number of ketones is 2. The predicted molar refractivity (Wildman–Crippen MR) is 133 cm³/mol. The van der Waals surface area contributed by atoms with Gasteiger partial charge in [0, 0.05) is 23.7 Å². The van der Waals surface area contributed by atoms with Gasteiger partial charge < -0.3 is 20.0 Å². The second-order valence-electron chi connectivity index (χ2n) is 11.5. The summed E-state index contributed by atoms with van der Waals surface area (Å²) in [5, 5.41) is 22.9. The molecule has 4 rings (SSSR count). The fourth-order valence-corrected chi connectivity index (χ4v) is 7.79. The zero-order valence-electron chi connectivity index (χ0n) is 21.9. The quantitative estimate of drug-likeness (QED) is 0.186. The van der Waals surface area contributed by atoms with Gasteiger partial charge in [0.15, 0.2) is 11.6 Å². The molecule has 208 valence electrons. The number of Topliss-reactive ketones (excluding diaryl/α,β-unsaturated/α-hetero) is 1. The fourth-order valence-electron chi connectivity index (χ4n) is 7.79. The lowest BCUT2D eigenvalue weighted by atomic mass is 9.46. The van der Waals surface area contributed by atoms with Gasteiger partial charge >= 0.3 is 5.97 Å². The zero-order valence-corrected chi connectivity index (χ0v) is 21.9. The summed E-state index contributed by atoms with van der Waals surface area (Å²) in [7, 11) is 0. The average molecular weight is 533 g/mol. The SMILES string of the molecule is CC12C=CC(=O)C=C1CCC1C2C(O)CC2(C)C(C(=O)COC(=O)CNC(=O)CCCO[N+](=O)[O-])CCC12. The lowest BCUT2D eigenvalue weighted by Gasteiger charge is -2.58. The number of allylic oxidation sites excluding steroid dienone is 4. The van der Waals surface area contributed by atoms with E-state index in [1.807, 2.05) is 6.08 Å². The van der Waals surface area contributed by atoms with E-state index in [0.717, 1.165) is 24.8 Å². The number of rotatable bonds is 10. The number of aliphatic hydroxyl groups excluding tert-OH is 1. The number of ether oxygens (including phenoxy) is 1. The lowest BCUT2D eigenvalue weighted by Crippen LogP contribution is -2.56. The number of hydrogen-bond donors (Lipinski definition) is 2. The summed E-state index contributed by atoms with van der Waals surface area (Å²) in [4.78, 5) is 63.2. The molecule has 4 aliphatic rings. The Labute approximate surface area is 221 Å². The van der Waals surface area contributed by atoms with Gasteiger partial charge in [0.05, 0.1) is 12.7 Å². The van der Waals surface area contributed by atoms with Crippen LogP contribution in [0.3, 0.4) is 0 Å². The van der Waals surface area contributed by atoms with E-state index in [0.29, 0.717) is 12.8 Å². The molecule has 0 aromatic carbocycles. The molecule has 11 heteroatoms. The minimum atomic E-state index is -0.939. The highest BCUT2D eigenvalue weighted by molar-refractivity contribution is 6.01. The Hall–Kier alpha value is -3.08. The van der Waals surface area contributed by atoms with Crippen molar-refractivity contribution in [3.8, 4) is 0 Å². The third-order valence-electron chi connectivity index (χ3n) is 9.43. The molecule has 38 heavy (non-hydrogen) atoms. The first-order valence-corrected chi connectivity index (χ1v) is 13.3. The van der Waals surface area contributed by atoms with E-state index in [1.54, 1.807) is 12.2 Å². The summed E-state index contributed by atoms with van der Waals surface area (Å²) in [6, 6.07) is 0. The van der Waals surface area contributed by atoms with Crippen LogP contribution in [0.5, 0.6) is 0 Å². The molecule has 0 aromatic heterocycles. The molecule has 11 nitrogen and oxygen atoms in total. The van der Waals surface area contributed by atoms with E-state index in [4.69, 9.17) is 4.74 Å². The third-order valence-corrected chi connectivity index (χ3v) is 9.43. The Balaban J connectivity index is 1.30. The van der Waals surface area contributed by atoms with Crippen LogP contribution in [-0.4, -0.2) is 59.5 Å². The van der Waals surface area contributed by atoms with Crippen molar-refractivity contribution in [2.24, 2.45) is 34.5 Å². The smallest absolute Gasteiger partial charge is 0.325 e. The van der Waals surface area contributed by atoms with Crippen molar-refractivity contribution < 1.29 is 38.9 Å². The topological polar surface area (TPSA) is 162 Å². The van der Waals surface area contributed by atoms with Gasteiger partial charge in [0.2, 0.25) is 5.91 Å². The molecule has 0 spiro atoms. The van der Waals surface area contributed by atoms with Crippen LogP contribution in [0.1, 0.15) is 58.8 Å². The van der Waals surface area contributed by atoms with Crippen LogP contribution in [0, 0.1) is 44.6 Å². The standard InChI is InChI=1S/C27H36N2O9/c1-26-10-9-17(30)12-16(26)5-6-18-19-7-8-20(27(19,2)13-21(31)25(18)26)22(32)15-37-24(34)14-28-23(33)4-3-11-38-29(35)36/h9-10,12,18-21,25,31H,3-8,11,13-15H2,1-2H3,(H,28,33). The van der Waals surface area contributed by atoms with Crippen molar-refractivity contribution in [1.29, 1.82) is 0 Å². The van der Waals surface area contributed by atoms with Crippen LogP contribution in [0.25, 0.3) is 0 Å². The van der Waals surface area contributed by atoms with Crippen LogP contribution in [-0.2, 0) is 28.8 Å². The molecule has 1 amide bonds. The van der Waals surface area contributed by atoms with Gasteiger partial charge in [0.1, 0.15) is 13.2 Å². The van der Waals surface area contributed by atoms with E-state index in [1.165, 1.54) is 0 Å². The summed E-state index contributed by atoms with van der Waals surface area (Å²) in [5.74, 6) is -1.26. The molecule has 0 aliphatic heterocycles. The van der Waals surface area contributed by atoms with Gasteiger partial charge in [-0.2, -0.15) is 0 Å². The van der Waals surface area contributed by atoms with Crippen molar-refractivity contribution in [3.05, 3.63) is 33.9 Å². The third kappa shape index (κ3) is 5.39. The molecule has 7 atom stereocenters. The zero-order chi connectivity index (χ0) is 27.7. The number of amides is 1. The first-order chi connectivity index (χ1) is 18.0. The van der Waals surface area contributed by atoms with E-state index in [9.17, 15) is 34.4 Å². The molecular formula is C27H36N2O9. The Morgan fingerprint density at radius 1 is 1.24 bits per heavy atom. The molecule has 3 saturated carbocycles. The van der Waals surface area contributed by atoms with E-state index in [2.05, 4.69) is 24.0 Å². The number of aliphatic hydroxyl groups is 1. The number of esters is 1. The second-order valence-corrected chi connectivity index (χ2v) is 11.5. The fraction of sp³-hybridized carbons (Fsp3) is 0.704.